The largest absolute Gasteiger partial charge is 0.336 e. The van der Waals surface area contributed by atoms with Gasteiger partial charge in [-0.25, -0.2) is 9.97 Å². The van der Waals surface area contributed by atoms with Crippen molar-refractivity contribution >= 4 is 22.1 Å². The van der Waals surface area contributed by atoms with Gasteiger partial charge >= 0.3 is 0 Å². The zero-order chi connectivity index (χ0) is 22.9. The Morgan fingerprint density at radius 2 is 1.85 bits per heavy atom. The summed E-state index contributed by atoms with van der Waals surface area (Å²) in [6, 6.07) is 11.8. The summed E-state index contributed by atoms with van der Waals surface area (Å²) >= 11 is 0. The minimum Gasteiger partial charge on any atom is -0.336 e. The van der Waals surface area contributed by atoms with Crippen LogP contribution in [0.4, 0.5) is 0 Å². The molecule has 0 saturated heterocycles. The number of hydrogen-bond donors (Lipinski definition) is 3. The summed E-state index contributed by atoms with van der Waals surface area (Å²) in [6.07, 6.45) is 9.07. The normalized spacial score (nSPS) is 11.4. The number of aromatic amines is 2. The first-order valence-corrected chi connectivity index (χ1v) is 11.1. The van der Waals surface area contributed by atoms with Gasteiger partial charge in [0.1, 0.15) is 16.9 Å². The molecular formula is C25H21N9. The van der Waals surface area contributed by atoms with Crippen molar-refractivity contribution in [3.05, 3.63) is 72.9 Å². The van der Waals surface area contributed by atoms with E-state index in [1.807, 2.05) is 42.9 Å². The van der Waals surface area contributed by atoms with Gasteiger partial charge in [-0.3, -0.25) is 20.1 Å². The third-order valence-corrected chi connectivity index (χ3v) is 5.66. The summed E-state index contributed by atoms with van der Waals surface area (Å²) in [5.74, 6) is 0.643. The number of nitrogens with zero attached hydrogens (tertiary/aromatic N) is 6. The minimum atomic E-state index is 0.643. The molecule has 0 atom stereocenters. The standard InChI is InChI=1S/C25H21N9/c1-2-26-11-15-9-16(13-27-12-15)17-10-18-21(33-34-24(18)30-14-17)25-31-20-6-8-29-22(23(20)32-25)19-5-3-4-7-28-19/h3-10,12-14,26H,2,11H2,1H3,(H,31,32)(H,30,33,34). The molecule has 0 radical (unpaired) electrons. The van der Waals surface area contributed by atoms with Crippen molar-refractivity contribution in [1.29, 1.82) is 0 Å². The molecule has 0 aliphatic carbocycles. The molecule has 3 N–H and O–H groups in total. The fourth-order valence-corrected chi connectivity index (χ4v) is 3.99. The van der Waals surface area contributed by atoms with E-state index >= 15 is 0 Å². The van der Waals surface area contributed by atoms with Gasteiger partial charge in [0, 0.05) is 48.7 Å². The van der Waals surface area contributed by atoms with Crippen LogP contribution in [0.25, 0.3) is 56.1 Å². The molecule has 0 aliphatic rings. The first kappa shape index (κ1) is 20.1. The van der Waals surface area contributed by atoms with Crippen LogP contribution in [0.15, 0.2) is 67.4 Å². The number of pyridine rings is 4. The Labute approximate surface area is 194 Å². The van der Waals surface area contributed by atoms with E-state index in [9.17, 15) is 0 Å². The average Bonchev–Trinajstić information content (AvgIpc) is 3.51. The van der Waals surface area contributed by atoms with E-state index in [0.29, 0.717) is 17.2 Å². The summed E-state index contributed by atoms with van der Waals surface area (Å²) < 4.78 is 0. The van der Waals surface area contributed by atoms with Crippen LogP contribution in [-0.4, -0.2) is 46.6 Å². The van der Waals surface area contributed by atoms with Crippen molar-refractivity contribution in [2.75, 3.05) is 6.54 Å². The van der Waals surface area contributed by atoms with E-state index < -0.39 is 0 Å². The Balaban J connectivity index is 1.44. The molecule has 0 unspecified atom stereocenters. The van der Waals surface area contributed by atoms with Gasteiger partial charge in [0.2, 0.25) is 0 Å². The molecule has 0 aromatic carbocycles. The Morgan fingerprint density at radius 3 is 2.74 bits per heavy atom. The summed E-state index contributed by atoms with van der Waals surface area (Å²) in [5, 5.41) is 11.7. The quantitative estimate of drug-likeness (QED) is 0.351. The predicted molar refractivity (Wildman–Crippen MR) is 131 cm³/mol. The molecule has 0 aliphatic heterocycles. The number of nitrogens with one attached hydrogen (secondary N) is 3. The van der Waals surface area contributed by atoms with Gasteiger partial charge < -0.3 is 10.3 Å². The van der Waals surface area contributed by atoms with Crippen LogP contribution in [-0.2, 0) is 6.54 Å². The van der Waals surface area contributed by atoms with E-state index in [4.69, 9.17) is 4.98 Å². The monoisotopic (exact) mass is 447 g/mol. The highest BCUT2D eigenvalue weighted by molar-refractivity contribution is 5.95. The van der Waals surface area contributed by atoms with Gasteiger partial charge in [0.15, 0.2) is 11.5 Å². The maximum absolute atomic E-state index is 4.84. The van der Waals surface area contributed by atoms with Crippen LogP contribution < -0.4 is 5.32 Å². The molecule has 166 valence electrons. The van der Waals surface area contributed by atoms with Gasteiger partial charge in [-0.2, -0.15) is 5.10 Å². The van der Waals surface area contributed by atoms with Crippen molar-refractivity contribution in [1.82, 2.24) is 45.4 Å². The Bertz CT molecular complexity index is 1600. The minimum absolute atomic E-state index is 0.643. The molecule has 0 bridgehead atoms. The zero-order valence-electron chi connectivity index (χ0n) is 18.4. The first-order chi connectivity index (χ1) is 16.8. The van der Waals surface area contributed by atoms with E-state index in [2.05, 4.69) is 59.5 Å². The van der Waals surface area contributed by atoms with Gasteiger partial charge in [0.05, 0.1) is 16.6 Å². The van der Waals surface area contributed by atoms with Crippen molar-refractivity contribution in [3.8, 4) is 34.0 Å². The lowest BCUT2D eigenvalue weighted by atomic mass is 10.1. The molecule has 9 heteroatoms. The maximum Gasteiger partial charge on any atom is 0.159 e. The summed E-state index contributed by atoms with van der Waals surface area (Å²) in [7, 11) is 0. The molecule has 6 aromatic rings. The van der Waals surface area contributed by atoms with Crippen LogP contribution in [0.5, 0.6) is 0 Å². The van der Waals surface area contributed by atoms with Crippen LogP contribution in [0.2, 0.25) is 0 Å². The third-order valence-electron chi connectivity index (χ3n) is 5.66. The summed E-state index contributed by atoms with van der Waals surface area (Å²) in [6.45, 7) is 3.77. The molecule has 9 nitrogen and oxygen atoms in total. The maximum atomic E-state index is 4.84. The Kier molecular flexibility index (Phi) is 5.00. The predicted octanol–water partition coefficient (Wildman–Crippen LogP) is 4.13. The lowest BCUT2D eigenvalue weighted by Crippen LogP contribution is -2.11. The number of hydrogen-bond acceptors (Lipinski definition) is 7. The van der Waals surface area contributed by atoms with E-state index in [1.165, 1.54) is 0 Å². The van der Waals surface area contributed by atoms with Gasteiger partial charge in [-0.15, -0.1) is 0 Å². The molecule has 0 spiro atoms. The summed E-state index contributed by atoms with van der Waals surface area (Å²) in [5.41, 5.74) is 7.59. The third kappa shape index (κ3) is 3.57. The molecule has 6 heterocycles. The smallest absolute Gasteiger partial charge is 0.159 e. The highest BCUT2D eigenvalue weighted by Crippen LogP contribution is 2.31. The van der Waals surface area contributed by atoms with Gasteiger partial charge in [0.25, 0.3) is 0 Å². The van der Waals surface area contributed by atoms with E-state index in [-0.39, 0.29) is 0 Å². The number of imidazole rings is 1. The van der Waals surface area contributed by atoms with Crippen LogP contribution >= 0.6 is 0 Å². The van der Waals surface area contributed by atoms with Crippen LogP contribution in [0, 0.1) is 0 Å². The molecule has 0 saturated carbocycles. The molecular weight excluding hydrogens is 426 g/mol. The molecule has 34 heavy (non-hydrogen) atoms. The molecule has 0 amide bonds. The SMILES string of the molecule is CCNCc1cncc(-c2cnc3[nH]nc(-c4nc5c(-c6ccccn6)nccc5[nH]4)c3c2)c1. The van der Waals surface area contributed by atoms with Crippen molar-refractivity contribution in [2.45, 2.75) is 13.5 Å². The van der Waals surface area contributed by atoms with Crippen molar-refractivity contribution in [3.63, 3.8) is 0 Å². The Hall–Kier alpha value is -4.50. The topological polar surface area (TPSA) is 121 Å². The lowest BCUT2D eigenvalue weighted by molar-refractivity contribution is 0.724. The second kappa shape index (κ2) is 8.45. The molecule has 0 fully saturated rings. The summed E-state index contributed by atoms with van der Waals surface area (Å²) in [4.78, 5) is 26.2. The number of rotatable bonds is 6. The van der Waals surface area contributed by atoms with E-state index in [1.54, 1.807) is 12.4 Å². The Morgan fingerprint density at radius 1 is 0.912 bits per heavy atom. The second-order valence-electron chi connectivity index (χ2n) is 7.91. The van der Waals surface area contributed by atoms with Gasteiger partial charge in [-0.05, 0) is 42.4 Å². The van der Waals surface area contributed by atoms with E-state index in [0.717, 1.165) is 57.6 Å². The van der Waals surface area contributed by atoms with Gasteiger partial charge in [-0.1, -0.05) is 13.0 Å². The second-order valence-corrected chi connectivity index (χ2v) is 7.91. The number of aromatic nitrogens is 8. The highest BCUT2D eigenvalue weighted by atomic mass is 15.2. The van der Waals surface area contributed by atoms with Crippen LogP contribution in [0.3, 0.4) is 0 Å². The fourth-order valence-electron chi connectivity index (χ4n) is 3.99. The first-order valence-electron chi connectivity index (χ1n) is 11.1. The van der Waals surface area contributed by atoms with Crippen molar-refractivity contribution < 1.29 is 0 Å². The molecule has 6 rings (SSSR count). The zero-order valence-corrected chi connectivity index (χ0v) is 18.4. The molecule has 6 aromatic heterocycles. The lowest BCUT2D eigenvalue weighted by Gasteiger charge is -2.05. The average molecular weight is 448 g/mol. The highest BCUT2D eigenvalue weighted by Gasteiger charge is 2.17. The number of H-pyrrole nitrogens is 2. The van der Waals surface area contributed by atoms with Crippen molar-refractivity contribution in [2.24, 2.45) is 0 Å². The fraction of sp³-hybridized carbons (Fsp3) is 0.120. The van der Waals surface area contributed by atoms with Crippen LogP contribution in [0.1, 0.15) is 12.5 Å². The number of fused-ring (bicyclic) bond motifs is 2.